The molecule has 0 saturated carbocycles. The molecule has 3 unspecified atom stereocenters. The first-order chi connectivity index (χ1) is 32.2. The van der Waals surface area contributed by atoms with Crippen LogP contribution in [-0.2, 0) is 24.7 Å². The number of rotatable bonds is 25. The van der Waals surface area contributed by atoms with Gasteiger partial charge < -0.3 is 18.1 Å². The average Bonchev–Trinajstić information content (AvgIpc) is 3.35. The van der Waals surface area contributed by atoms with E-state index in [1.54, 1.807) is 67.6 Å². The standard InChI is InChI=1S/C31H34N4O4P2.C20H22O4P2/c1-3-23-32-40(36,34-28-11-7-5-8-12-28)38-30-19-15-26(16-20-30)25-27-17-21-31(22-18-27)39-41(37,33-24-4-2)35-29-13-9-6-10-14-29;1-5-25(21,6-2)23-19-13-9-17(10-14-19)18-11-15-20(16-12-18)24-26(22,7-3)8-4/h3-22H,1-2,23-25H2,(H2,32,34,36)(H2,33,35,37);5-7,9-16H,1-3,8H2,4H3. The van der Waals surface area contributed by atoms with Crippen molar-refractivity contribution in [3.05, 3.63) is 231 Å². The summed E-state index contributed by atoms with van der Waals surface area (Å²) in [6.45, 7) is 20.4. The number of para-hydroxylation sites is 2. The molecule has 3 atom stereocenters. The van der Waals surface area contributed by atoms with Crippen LogP contribution in [0.5, 0.6) is 23.0 Å². The predicted molar refractivity (Wildman–Crippen MR) is 278 cm³/mol. The molecule has 0 bridgehead atoms. The highest BCUT2D eigenvalue weighted by Gasteiger charge is 2.25. The minimum Gasteiger partial charge on any atom is -0.440 e. The molecule has 348 valence electrons. The first-order valence-electron chi connectivity index (χ1n) is 21.1. The first kappa shape index (κ1) is 51.6. The van der Waals surface area contributed by atoms with Crippen molar-refractivity contribution in [2.45, 2.75) is 13.3 Å². The van der Waals surface area contributed by atoms with Gasteiger partial charge in [-0.1, -0.05) is 124 Å². The Labute approximate surface area is 394 Å². The van der Waals surface area contributed by atoms with Gasteiger partial charge in [0.05, 0.1) is 0 Å². The zero-order valence-corrected chi connectivity index (χ0v) is 40.9. The summed E-state index contributed by atoms with van der Waals surface area (Å²) in [4.78, 5) is 0. The minimum atomic E-state index is -3.44. The van der Waals surface area contributed by atoms with Crippen LogP contribution in [0.1, 0.15) is 18.1 Å². The summed E-state index contributed by atoms with van der Waals surface area (Å²) in [6.07, 6.45) is 4.31. The number of anilines is 2. The Balaban J connectivity index is 0.000000278. The van der Waals surface area contributed by atoms with E-state index in [1.807, 2.05) is 109 Å². The van der Waals surface area contributed by atoms with Crippen molar-refractivity contribution >= 4 is 41.5 Å². The zero-order chi connectivity index (χ0) is 48.2. The van der Waals surface area contributed by atoms with E-state index < -0.39 is 30.1 Å². The second-order valence-corrected chi connectivity index (χ2v) is 23.0. The van der Waals surface area contributed by atoms with E-state index in [1.165, 1.54) is 17.5 Å². The van der Waals surface area contributed by atoms with Gasteiger partial charge in [0.25, 0.3) is 14.7 Å². The molecule has 0 aliphatic carbocycles. The molecule has 0 aliphatic heterocycles. The van der Waals surface area contributed by atoms with Crippen molar-refractivity contribution in [1.82, 2.24) is 10.2 Å². The summed E-state index contributed by atoms with van der Waals surface area (Å²) in [5, 5.41) is 11.7. The lowest BCUT2D eigenvalue weighted by Gasteiger charge is -2.21. The molecule has 6 aromatic carbocycles. The van der Waals surface area contributed by atoms with Crippen molar-refractivity contribution in [2.24, 2.45) is 0 Å². The zero-order valence-electron chi connectivity index (χ0n) is 37.3. The molecule has 6 aromatic rings. The number of benzene rings is 6. The van der Waals surface area contributed by atoms with Crippen molar-refractivity contribution < 1.29 is 36.4 Å². The smallest absolute Gasteiger partial charge is 0.417 e. The van der Waals surface area contributed by atoms with Crippen LogP contribution >= 0.6 is 30.1 Å². The first-order valence-corrected chi connectivity index (χ1v) is 28.0. The summed E-state index contributed by atoms with van der Waals surface area (Å²) in [7, 11) is -12.7. The molecule has 0 radical (unpaired) electrons. The summed E-state index contributed by atoms with van der Waals surface area (Å²) >= 11 is 0. The topological polar surface area (TPSA) is 153 Å². The number of hydrogen-bond donors (Lipinski definition) is 4. The van der Waals surface area contributed by atoms with E-state index in [0.29, 0.717) is 60.0 Å². The van der Waals surface area contributed by atoms with Crippen LogP contribution < -0.4 is 38.4 Å². The van der Waals surface area contributed by atoms with Gasteiger partial charge in [0.2, 0.25) is 0 Å². The van der Waals surface area contributed by atoms with Gasteiger partial charge in [0.15, 0.2) is 0 Å². The lowest BCUT2D eigenvalue weighted by molar-refractivity contribution is 0.474. The molecule has 0 saturated heterocycles. The van der Waals surface area contributed by atoms with Gasteiger partial charge in [-0.2, -0.15) is 0 Å². The largest absolute Gasteiger partial charge is 0.440 e. The van der Waals surface area contributed by atoms with Crippen molar-refractivity contribution in [2.75, 3.05) is 29.4 Å². The molecular formula is C51H56N4O8P4. The third-order valence-corrected chi connectivity index (χ3v) is 16.2. The van der Waals surface area contributed by atoms with Crippen LogP contribution in [0.2, 0.25) is 0 Å². The fourth-order valence-electron chi connectivity index (χ4n) is 5.93. The van der Waals surface area contributed by atoms with Gasteiger partial charge in [-0.25, -0.2) is 19.3 Å². The van der Waals surface area contributed by atoms with Crippen molar-refractivity contribution in [1.29, 1.82) is 0 Å². The molecule has 6 rings (SSSR count). The Kier molecular flexibility index (Phi) is 19.3. The van der Waals surface area contributed by atoms with Gasteiger partial charge >= 0.3 is 15.3 Å². The van der Waals surface area contributed by atoms with Crippen LogP contribution in [0.25, 0.3) is 11.1 Å². The third kappa shape index (κ3) is 16.5. The average molecular weight is 977 g/mol. The van der Waals surface area contributed by atoms with E-state index in [2.05, 4.69) is 53.2 Å². The Morgan fingerprint density at radius 3 is 1.15 bits per heavy atom. The van der Waals surface area contributed by atoms with Crippen LogP contribution in [0.3, 0.4) is 0 Å². The maximum atomic E-state index is 13.4. The maximum Gasteiger partial charge on any atom is 0.417 e. The summed E-state index contributed by atoms with van der Waals surface area (Å²) < 4.78 is 74.1. The third-order valence-electron chi connectivity index (χ3n) is 9.49. The molecule has 4 N–H and O–H groups in total. The monoisotopic (exact) mass is 976 g/mol. The lowest BCUT2D eigenvalue weighted by Crippen LogP contribution is -2.20. The Bertz CT molecular complexity index is 2630. The highest BCUT2D eigenvalue weighted by Crippen LogP contribution is 2.50. The quantitative estimate of drug-likeness (QED) is 0.0319. The number of hydrogen-bond acceptors (Lipinski definition) is 8. The molecule has 0 aromatic heterocycles. The predicted octanol–water partition coefficient (Wildman–Crippen LogP) is 15.1. The molecule has 0 fully saturated rings. The molecule has 16 heteroatoms. The molecule has 0 heterocycles. The molecular weight excluding hydrogens is 920 g/mol. The lowest BCUT2D eigenvalue weighted by atomic mass is 10.1. The fraction of sp³-hybridized carbons (Fsp3) is 0.0980. The van der Waals surface area contributed by atoms with E-state index in [0.717, 1.165) is 22.3 Å². The second kappa shape index (κ2) is 25.0. The highest BCUT2D eigenvalue weighted by atomic mass is 31.2. The van der Waals surface area contributed by atoms with Gasteiger partial charge in [-0.15, -0.1) is 13.2 Å². The maximum absolute atomic E-state index is 13.4. The van der Waals surface area contributed by atoms with Gasteiger partial charge in [0.1, 0.15) is 23.0 Å². The van der Waals surface area contributed by atoms with Crippen LogP contribution in [-0.4, -0.2) is 19.3 Å². The molecule has 0 amide bonds. The summed E-state index contributed by atoms with van der Waals surface area (Å²) in [5.74, 6) is 5.87. The van der Waals surface area contributed by atoms with E-state index in [-0.39, 0.29) is 0 Å². The minimum absolute atomic E-state index is 0.316. The SMILES string of the molecule is C=CCNP(=O)(Nc1ccccc1)Oc1ccc(Cc2ccc(OP(=O)(NCC=C)Nc3ccccc3)cc2)cc1.C=CP(=O)(C=C)Oc1ccc(-c2ccc(OP(=O)(C=C)CC)cc2)cc1. The van der Waals surface area contributed by atoms with Crippen LogP contribution in [0.4, 0.5) is 11.4 Å². The Morgan fingerprint density at radius 2 is 0.806 bits per heavy atom. The fourth-order valence-corrected chi connectivity index (χ4v) is 10.6. The van der Waals surface area contributed by atoms with E-state index >= 15 is 0 Å². The van der Waals surface area contributed by atoms with E-state index in [4.69, 9.17) is 18.1 Å². The van der Waals surface area contributed by atoms with Gasteiger partial charge in [0, 0.05) is 48.1 Å². The van der Waals surface area contributed by atoms with Crippen LogP contribution in [0.15, 0.2) is 220 Å². The summed E-state index contributed by atoms with van der Waals surface area (Å²) in [6, 6.07) is 47.9. The Morgan fingerprint density at radius 1 is 0.448 bits per heavy atom. The molecule has 0 spiro atoms. The molecule has 12 nitrogen and oxygen atoms in total. The second-order valence-electron chi connectivity index (χ2n) is 14.5. The summed E-state index contributed by atoms with van der Waals surface area (Å²) in [5.41, 5.74) is 5.36. The molecule has 67 heavy (non-hydrogen) atoms. The van der Waals surface area contributed by atoms with Crippen molar-refractivity contribution in [3.8, 4) is 34.1 Å². The van der Waals surface area contributed by atoms with E-state index in [9.17, 15) is 18.3 Å². The Hall–Kier alpha value is -6.34. The molecule has 0 aliphatic rings. The van der Waals surface area contributed by atoms with Crippen LogP contribution in [0, 0.1) is 0 Å². The van der Waals surface area contributed by atoms with Crippen molar-refractivity contribution in [3.63, 3.8) is 0 Å². The van der Waals surface area contributed by atoms with Gasteiger partial charge in [-0.3, -0.25) is 19.3 Å². The highest BCUT2D eigenvalue weighted by molar-refractivity contribution is 7.65. The number of nitrogens with one attached hydrogen (secondary N) is 4. The van der Waals surface area contributed by atoms with Gasteiger partial charge in [-0.05, 0) is 101 Å². The normalized spacial score (nSPS) is 13.5.